The third-order valence-corrected chi connectivity index (χ3v) is 7.61. The van der Waals surface area contributed by atoms with E-state index in [1.54, 1.807) is 23.4 Å². The number of nitrogens with one attached hydrogen (secondary N) is 1. The summed E-state index contributed by atoms with van der Waals surface area (Å²) in [6.07, 6.45) is 8.32. The van der Waals surface area contributed by atoms with Crippen molar-refractivity contribution in [3.05, 3.63) is 64.5 Å². The number of hydrogen-bond donors (Lipinski definition) is 1. The van der Waals surface area contributed by atoms with Crippen molar-refractivity contribution >= 4 is 11.6 Å². The molecule has 1 N–H and O–H groups in total. The van der Waals surface area contributed by atoms with Crippen LogP contribution in [0.1, 0.15) is 57.3 Å². The fraction of sp³-hybridized carbons (Fsp3) is 0.440. The summed E-state index contributed by atoms with van der Waals surface area (Å²) in [6, 6.07) is 6.55. The van der Waals surface area contributed by atoms with Gasteiger partial charge in [-0.15, -0.1) is 0 Å². The van der Waals surface area contributed by atoms with Gasteiger partial charge in [-0.3, -0.25) is 9.48 Å². The van der Waals surface area contributed by atoms with E-state index in [1.807, 2.05) is 18.5 Å². The summed E-state index contributed by atoms with van der Waals surface area (Å²) in [4.78, 5) is 19.6. The summed E-state index contributed by atoms with van der Waals surface area (Å²) >= 11 is 0. The van der Waals surface area contributed by atoms with Crippen LogP contribution in [0.5, 0.6) is 0 Å². The number of fused-ring (bicyclic) bond motifs is 2. The number of carbonyl (C=O) groups is 1. The van der Waals surface area contributed by atoms with Crippen molar-refractivity contribution in [2.75, 3.05) is 18.0 Å². The van der Waals surface area contributed by atoms with Gasteiger partial charge in [-0.25, -0.2) is 4.98 Å². The number of hydrogen-bond acceptors (Lipinski definition) is 5. The van der Waals surface area contributed by atoms with E-state index in [4.69, 9.17) is 0 Å². The second kappa shape index (κ2) is 7.48. The number of carbonyl (C=O) groups excluding carboxylic acids is 1. The average Bonchev–Trinajstić information content (AvgIpc) is 3.27. The molecule has 2 aromatic heterocycles. The molecular weight excluding hydrogens is 414 g/mol. The highest BCUT2D eigenvalue weighted by molar-refractivity contribution is 5.94. The highest BCUT2D eigenvalue weighted by Crippen LogP contribution is 2.47. The summed E-state index contributed by atoms with van der Waals surface area (Å²) in [5.74, 6) is 1.50. The van der Waals surface area contributed by atoms with E-state index >= 15 is 0 Å². The van der Waals surface area contributed by atoms with E-state index in [2.05, 4.69) is 38.5 Å². The van der Waals surface area contributed by atoms with Gasteiger partial charge < -0.3 is 14.8 Å². The van der Waals surface area contributed by atoms with Crippen molar-refractivity contribution in [3.63, 3.8) is 0 Å². The van der Waals surface area contributed by atoms with Crippen molar-refractivity contribution in [1.82, 2.24) is 24.6 Å². The number of nitrogens with zero attached hydrogens (tertiary/aromatic N) is 6. The predicted octanol–water partition coefficient (Wildman–Crippen LogP) is 2.72. The van der Waals surface area contributed by atoms with Gasteiger partial charge in [-0.2, -0.15) is 10.4 Å². The third kappa shape index (κ3) is 3.39. The molecule has 3 heterocycles. The summed E-state index contributed by atoms with van der Waals surface area (Å²) in [7, 11) is 1.99. The molecule has 1 saturated heterocycles. The molecule has 3 aliphatic rings. The van der Waals surface area contributed by atoms with Crippen molar-refractivity contribution < 1.29 is 4.79 Å². The first-order valence-electron chi connectivity index (χ1n) is 11.6. The highest BCUT2D eigenvalue weighted by atomic mass is 16.1. The first-order chi connectivity index (χ1) is 16.0. The lowest BCUT2D eigenvalue weighted by Crippen LogP contribution is -2.27. The lowest BCUT2D eigenvalue weighted by Gasteiger charge is -2.23. The Balaban J connectivity index is 1.16. The largest absolute Gasteiger partial charge is 0.370 e. The standard InChI is InChI=1S/C25H27N7O/c1-15-16(3-5-22(20(15)8-26)31-10-17-7-18(17)11-31)12-32-13-19(9-28-32)25(33)29-21-4-6-23-24(21)27-14-30(23)2/h3,5,9,13-14,17-18,21H,4,6-7,10-12H2,1-2H3,(H,29,33)/t17?,18?,21-/m1/s1. The molecule has 0 spiro atoms. The molecule has 3 aromatic rings. The number of amides is 1. The van der Waals surface area contributed by atoms with Gasteiger partial charge in [0.1, 0.15) is 6.07 Å². The van der Waals surface area contributed by atoms with Crippen LogP contribution in [0.25, 0.3) is 0 Å². The van der Waals surface area contributed by atoms with E-state index in [0.717, 1.165) is 65.8 Å². The van der Waals surface area contributed by atoms with Crippen LogP contribution < -0.4 is 10.2 Å². The lowest BCUT2D eigenvalue weighted by molar-refractivity contribution is 0.0936. The highest BCUT2D eigenvalue weighted by Gasteiger charge is 2.45. The summed E-state index contributed by atoms with van der Waals surface area (Å²) in [5.41, 5.74) is 6.53. The van der Waals surface area contributed by atoms with Gasteiger partial charge in [0, 0.05) is 32.0 Å². The van der Waals surface area contributed by atoms with Crippen LogP contribution in [0.2, 0.25) is 0 Å². The lowest BCUT2D eigenvalue weighted by atomic mass is 10.00. The average molecular weight is 442 g/mol. The van der Waals surface area contributed by atoms with Gasteiger partial charge in [0.05, 0.1) is 47.6 Å². The Bertz CT molecular complexity index is 1290. The monoisotopic (exact) mass is 441 g/mol. The first kappa shape index (κ1) is 20.0. The first-order valence-corrected chi connectivity index (χ1v) is 11.6. The molecule has 1 saturated carbocycles. The number of piperidine rings is 1. The second-order valence-electron chi connectivity index (χ2n) is 9.70. The van der Waals surface area contributed by atoms with E-state index < -0.39 is 0 Å². The molecule has 33 heavy (non-hydrogen) atoms. The fourth-order valence-electron chi connectivity index (χ4n) is 5.52. The molecule has 0 bridgehead atoms. The SMILES string of the molecule is Cc1c(Cn2cc(C(=O)N[C@@H]3CCc4c3ncn4C)cn2)ccc(N2CC3CC3C2)c1C#N. The smallest absolute Gasteiger partial charge is 0.255 e. The van der Waals surface area contributed by atoms with Crippen LogP contribution in [0.3, 0.4) is 0 Å². The van der Waals surface area contributed by atoms with Crippen molar-refractivity contribution in [2.24, 2.45) is 18.9 Å². The van der Waals surface area contributed by atoms with Gasteiger partial charge in [-0.05, 0) is 55.2 Å². The molecule has 1 aliphatic heterocycles. The Kier molecular flexibility index (Phi) is 4.54. The van der Waals surface area contributed by atoms with Gasteiger partial charge in [0.2, 0.25) is 0 Å². The predicted molar refractivity (Wildman–Crippen MR) is 123 cm³/mol. The molecule has 6 rings (SSSR count). The van der Waals surface area contributed by atoms with Crippen LogP contribution in [-0.4, -0.2) is 38.3 Å². The molecule has 2 fully saturated rings. The van der Waals surface area contributed by atoms with E-state index in [1.165, 1.54) is 12.1 Å². The normalized spacial score (nSPS) is 22.7. The molecular formula is C25H27N7O. The molecule has 168 valence electrons. The number of nitriles is 1. The number of aromatic nitrogens is 4. The molecule has 8 heteroatoms. The van der Waals surface area contributed by atoms with Crippen LogP contribution >= 0.6 is 0 Å². The number of anilines is 1. The van der Waals surface area contributed by atoms with E-state index in [9.17, 15) is 10.1 Å². The third-order valence-electron chi connectivity index (χ3n) is 7.61. The maximum atomic E-state index is 12.8. The van der Waals surface area contributed by atoms with Crippen molar-refractivity contribution in [2.45, 2.75) is 38.8 Å². The zero-order valence-electron chi connectivity index (χ0n) is 19.0. The molecule has 8 nitrogen and oxygen atoms in total. The minimum absolute atomic E-state index is 0.0540. The summed E-state index contributed by atoms with van der Waals surface area (Å²) in [5, 5.41) is 17.4. The van der Waals surface area contributed by atoms with Crippen LogP contribution in [0.15, 0.2) is 30.9 Å². The fourth-order valence-corrected chi connectivity index (χ4v) is 5.52. The number of rotatable bonds is 5. The molecule has 1 aromatic carbocycles. The van der Waals surface area contributed by atoms with Gasteiger partial charge in [-0.1, -0.05) is 6.07 Å². The maximum absolute atomic E-state index is 12.8. The van der Waals surface area contributed by atoms with E-state index in [0.29, 0.717) is 12.1 Å². The van der Waals surface area contributed by atoms with Gasteiger partial charge >= 0.3 is 0 Å². The Morgan fingerprint density at radius 3 is 2.91 bits per heavy atom. The van der Waals surface area contributed by atoms with Crippen molar-refractivity contribution in [1.29, 1.82) is 5.26 Å². The van der Waals surface area contributed by atoms with Gasteiger partial charge in [0.15, 0.2) is 0 Å². The molecule has 0 radical (unpaired) electrons. The van der Waals surface area contributed by atoms with E-state index in [-0.39, 0.29) is 11.9 Å². The molecule has 3 atom stereocenters. The number of benzene rings is 1. The molecule has 2 aliphatic carbocycles. The second-order valence-corrected chi connectivity index (χ2v) is 9.70. The van der Waals surface area contributed by atoms with Crippen LogP contribution in [0, 0.1) is 30.1 Å². The summed E-state index contributed by atoms with van der Waals surface area (Å²) in [6.45, 7) is 4.66. The minimum Gasteiger partial charge on any atom is -0.370 e. The summed E-state index contributed by atoms with van der Waals surface area (Å²) < 4.78 is 3.79. The van der Waals surface area contributed by atoms with Crippen LogP contribution in [-0.2, 0) is 20.0 Å². The maximum Gasteiger partial charge on any atom is 0.255 e. The van der Waals surface area contributed by atoms with Crippen LogP contribution in [0.4, 0.5) is 5.69 Å². The molecule has 1 amide bonds. The Morgan fingerprint density at radius 2 is 2.12 bits per heavy atom. The topological polar surface area (TPSA) is 91.8 Å². The van der Waals surface area contributed by atoms with Gasteiger partial charge in [0.25, 0.3) is 5.91 Å². The van der Waals surface area contributed by atoms with Crippen molar-refractivity contribution in [3.8, 4) is 6.07 Å². The minimum atomic E-state index is -0.137. The Labute approximate surface area is 192 Å². The Morgan fingerprint density at radius 1 is 1.30 bits per heavy atom. The zero-order valence-corrected chi connectivity index (χ0v) is 19.0. The number of aryl methyl sites for hydroxylation is 1. The zero-order chi connectivity index (χ0) is 22.7. The Hall–Kier alpha value is -3.60. The quantitative estimate of drug-likeness (QED) is 0.657. The molecule has 2 unspecified atom stereocenters. The number of imidazole rings is 1.